The fraction of sp³-hybridized carbons (Fsp3) is 0.474. The van der Waals surface area contributed by atoms with Gasteiger partial charge in [-0.2, -0.15) is 0 Å². The van der Waals surface area contributed by atoms with Crippen LogP contribution in [0.1, 0.15) is 25.3 Å². The molecule has 1 aromatic carbocycles. The molecule has 0 bridgehead atoms. The molecule has 128 valence electrons. The zero-order chi connectivity index (χ0) is 17.3. The topological polar surface area (TPSA) is 48.5 Å². The van der Waals surface area contributed by atoms with Crippen LogP contribution in [0.25, 0.3) is 10.9 Å². The first-order chi connectivity index (χ1) is 11.4. The van der Waals surface area contributed by atoms with Gasteiger partial charge in [0.05, 0.1) is 5.52 Å². The number of amides is 1. The van der Waals surface area contributed by atoms with E-state index in [4.69, 9.17) is 4.98 Å². The molecule has 0 spiro atoms. The normalized spacial score (nSPS) is 16.0. The standard InChI is InChI=1S/C19H26N4O/c1-13-11-19(23-9-7-16(8-10-23)22(3)4)21-18-6-5-15(12-17(13)18)20-14(2)24/h5-6,11-12,16H,7-10H2,1-4H3,(H,20,24). The summed E-state index contributed by atoms with van der Waals surface area (Å²) in [4.78, 5) is 20.8. The van der Waals surface area contributed by atoms with Gasteiger partial charge in [-0.15, -0.1) is 0 Å². The van der Waals surface area contributed by atoms with Crippen molar-refractivity contribution in [3.05, 3.63) is 29.8 Å². The van der Waals surface area contributed by atoms with Gasteiger partial charge in [0.2, 0.25) is 5.91 Å². The average molecular weight is 326 g/mol. The van der Waals surface area contributed by atoms with Crippen LogP contribution in [0, 0.1) is 6.92 Å². The van der Waals surface area contributed by atoms with Crippen molar-refractivity contribution in [1.29, 1.82) is 0 Å². The molecule has 1 amide bonds. The van der Waals surface area contributed by atoms with Gasteiger partial charge in [0.15, 0.2) is 0 Å². The van der Waals surface area contributed by atoms with Gasteiger partial charge in [0.1, 0.15) is 5.82 Å². The highest BCUT2D eigenvalue weighted by atomic mass is 16.1. The number of benzene rings is 1. The number of aromatic nitrogens is 1. The Balaban J connectivity index is 1.85. The first-order valence-corrected chi connectivity index (χ1v) is 8.54. The quantitative estimate of drug-likeness (QED) is 0.942. The fourth-order valence-corrected chi connectivity index (χ4v) is 3.43. The van der Waals surface area contributed by atoms with Crippen LogP contribution in [-0.2, 0) is 4.79 Å². The maximum atomic E-state index is 11.2. The molecule has 2 aromatic rings. The average Bonchev–Trinajstić information content (AvgIpc) is 2.55. The molecule has 0 atom stereocenters. The Morgan fingerprint density at radius 2 is 1.96 bits per heavy atom. The maximum Gasteiger partial charge on any atom is 0.221 e. The van der Waals surface area contributed by atoms with Crippen LogP contribution in [0.15, 0.2) is 24.3 Å². The zero-order valence-electron chi connectivity index (χ0n) is 15.0. The van der Waals surface area contributed by atoms with Crippen molar-refractivity contribution in [2.45, 2.75) is 32.7 Å². The summed E-state index contributed by atoms with van der Waals surface area (Å²) < 4.78 is 0. The molecule has 1 fully saturated rings. The summed E-state index contributed by atoms with van der Waals surface area (Å²) >= 11 is 0. The second-order valence-electron chi connectivity index (χ2n) is 6.89. The number of anilines is 2. The lowest BCUT2D eigenvalue weighted by Crippen LogP contribution is -2.42. The Morgan fingerprint density at radius 3 is 2.58 bits per heavy atom. The minimum atomic E-state index is -0.0552. The van der Waals surface area contributed by atoms with Gasteiger partial charge in [0.25, 0.3) is 0 Å². The minimum absolute atomic E-state index is 0.0552. The molecule has 1 aliphatic rings. The third-order valence-electron chi connectivity index (χ3n) is 4.84. The Bertz CT molecular complexity index is 748. The van der Waals surface area contributed by atoms with E-state index in [1.165, 1.54) is 25.3 Å². The highest BCUT2D eigenvalue weighted by molar-refractivity contribution is 5.93. The van der Waals surface area contributed by atoms with Crippen LogP contribution < -0.4 is 10.2 Å². The lowest BCUT2D eigenvalue weighted by Gasteiger charge is -2.36. The smallest absolute Gasteiger partial charge is 0.221 e. The summed E-state index contributed by atoms with van der Waals surface area (Å²) in [5, 5.41) is 3.93. The number of carbonyl (C=O) groups excluding carboxylic acids is 1. The first kappa shape index (κ1) is 16.7. The van der Waals surface area contributed by atoms with Crippen molar-refractivity contribution in [2.75, 3.05) is 37.4 Å². The summed E-state index contributed by atoms with van der Waals surface area (Å²) in [6.07, 6.45) is 2.35. The predicted octanol–water partition coefficient (Wildman–Crippen LogP) is 3.03. The molecule has 5 nitrogen and oxygen atoms in total. The van der Waals surface area contributed by atoms with E-state index in [1.807, 2.05) is 18.2 Å². The van der Waals surface area contributed by atoms with Crippen LogP contribution in [0.5, 0.6) is 0 Å². The molecule has 1 aromatic heterocycles. The van der Waals surface area contributed by atoms with Crippen LogP contribution in [0.2, 0.25) is 0 Å². The van der Waals surface area contributed by atoms with E-state index >= 15 is 0 Å². The second-order valence-corrected chi connectivity index (χ2v) is 6.89. The number of nitrogens with one attached hydrogen (secondary N) is 1. The fourth-order valence-electron chi connectivity index (χ4n) is 3.43. The van der Waals surface area contributed by atoms with Crippen LogP contribution >= 0.6 is 0 Å². The SMILES string of the molecule is CC(=O)Nc1ccc2nc(N3CCC(N(C)C)CC3)cc(C)c2c1. The summed E-state index contributed by atoms with van der Waals surface area (Å²) in [6, 6.07) is 8.74. The summed E-state index contributed by atoms with van der Waals surface area (Å²) in [5.41, 5.74) is 2.99. The van der Waals surface area contributed by atoms with Crippen molar-refractivity contribution in [3.63, 3.8) is 0 Å². The van der Waals surface area contributed by atoms with Gasteiger partial charge in [0, 0.05) is 37.1 Å². The number of carbonyl (C=O) groups is 1. The summed E-state index contributed by atoms with van der Waals surface area (Å²) in [6.45, 7) is 5.73. The van der Waals surface area contributed by atoms with Crippen LogP contribution in [0.4, 0.5) is 11.5 Å². The number of fused-ring (bicyclic) bond motifs is 1. The Kier molecular flexibility index (Phi) is 4.71. The molecule has 1 N–H and O–H groups in total. The van der Waals surface area contributed by atoms with Crippen molar-refractivity contribution < 1.29 is 4.79 Å². The molecule has 0 aliphatic carbocycles. The van der Waals surface area contributed by atoms with Gasteiger partial charge in [-0.3, -0.25) is 4.79 Å². The second kappa shape index (κ2) is 6.77. The molecule has 24 heavy (non-hydrogen) atoms. The number of aryl methyl sites for hydroxylation is 1. The number of nitrogens with zero attached hydrogens (tertiary/aromatic N) is 3. The number of hydrogen-bond acceptors (Lipinski definition) is 4. The van der Waals surface area contributed by atoms with E-state index < -0.39 is 0 Å². The highest BCUT2D eigenvalue weighted by Gasteiger charge is 2.21. The molecular weight excluding hydrogens is 300 g/mol. The van der Waals surface area contributed by atoms with Crippen molar-refractivity contribution in [1.82, 2.24) is 9.88 Å². The van der Waals surface area contributed by atoms with Crippen molar-refractivity contribution >= 4 is 28.3 Å². The Hall–Kier alpha value is -2.14. The van der Waals surface area contributed by atoms with Crippen molar-refractivity contribution in [3.8, 4) is 0 Å². The predicted molar refractivity (Wildman–Crippen MR) is 99.7 cm³/mol. The lowest BCUT2D eigenvalue weighted by molar-refractivity contribution is -0.114. The van der Waals surface area contributed by atoms with Crippen LogP contribution in [0.3, 0.4) is 0 Å². The molecule has 0 saturated carbocycles. The molecule has 2 heterocycles. The monoisotopic (exact) mass is 326 g/mol. The molecule has 3 rings (SSSR count). The van der Waals surface area contributed by atoms with Gasteiger partial charge in [-0.25, -0.2) is 4.98 Å². The van der Waals surface area contributed by atoms with E-state index in [0.717, 1.165) is 35.5 Å². The molecule has 0 unspecified atom stereocenters. The van der Waals surface area contributed by atoms with Crippen LogP contribution in [-0.4, -0.2) is 49.0 Å². The van der Waals surface area contributed by atoms with E-state index in [0.29, 0.717) is 6.04 Å². The zero-order valence-corrected chi connectivity index (χ0v) is 15.0. The minimum Gasteiger partial charge on any atom is -0.356 e. The number of piperidine rings is 1. The molecule has 1 saturated heterocycles. The first-order valence-electron chi connectivity index (χ1n) is 8.54. The lowest BCUT2D eigenvalue weighted by atomic mass is 10.0. The number of hydrogen-bond donors (Lipinski definition) is 1. The maximum absolute atomic E-state index is 11.2. The number of rotatable bonds is 3. The highest BCUT2D eigenvalue weighted by Crippen LogP contribution is 2.27. The van der Waals surface area contributed by atoms with Gasteiger partial charge in [-0.05, 0) is 63.7 Å². The summed E-state index contributed by atoms with van der Waals surface area (Å²) in [7, 11) is 4.32. The van der Waals surface area contributed by atoms with E-state index in [1.54, 1.807) is 0 Å². The Morgan fingerprint density at radius 1 is 1.25 bits per heavy atom. The van der Waals surface area contributed by atoms with E-state index in [9.17, 15) is 4.79 Å². The van der Waals surface area contributed by atoms with Gasteiger partial charge < -0.3 is 15.1 Å². The third-order valence-corrected chi connectivity index (χ3v) is 4.84. The van der Waals surface area contributed by atoms with Gasteiger partial charge >= 0.3 is 0 Å². The molecule has 0 radical (unpaired) electrons. The third kappa shape index (κ3) is 3.51. The van der Waals surface area contributed by atoms with E-state index in [2.05, 4.69) is 42.2 Å². The Labute approximate surface area is 143 Å². The van der Waals surface area contributed by atoms with Crippen molar-refractivity contribution in [2.24, 2.45) is 0 Å². The van der Waals surface area contributed by atoms with E-state index in [-0.39, 0.29) is 5.91 Å². The van der Waals surface area contributed by atoms with Gasteiger partial charge in [-0.1, -0.05) is 0 Å². The largest absolute Gasteiger partial charge is 0.356 e. The molecular formula is C19H26N4O. The molecule has 5 heteroatoms. The molecule has 1 aliphatic heterocycles. The number of pyridine rings is 1. The summed E-state index contributed by atoms with van der Waals surface area (Å²) in [5.74, 6) is 1.00.